The fourth-order valence-electron chi connectivity index (χ4n) is 2.79. The summed E-state index contributed by atoms with van der Waals surface area (Å²) in [6.07, 6.45) is 1.56. The number of non-ortho nitro benzene ring substituents is 1. The summed E-state index contributed by atoms with van der Waals surface area (Å²) in [6, 6.07) is 17.6. The van der Waals surface area contributed by atoms with Gasteiger partial charge in [0.05, 0.1) is 16.2 Å². The normalized spacial score (nSPS) is 11.3. The van der Waals surface area contributed by atoms with Crippen LogP contribution in [0.5, 0.6) is 0 Å². The summed E-state index contributed by atoms with van der Waals surface area (Å²) in [6.45, 7) is 0. The molecule has 0 aliphatic heterocycles. The second-order valence-corrected chi connectivity index (χ2v) is 7.08. The van der Waals surface area contributed by atoms with E-state index in [4.69, 9.17) is 4.42 Å². The average Bonchev–Trinajstić information content (AvgIpc) is 3.43. The summed E-state index contributed by atoms with van der Waals surface area (Å²) >= 11 is 1.30. The Kier molecular flexibility index (Phi) is 5.20. The number of nitro groups is 1. The van der Waals surface area contributed by atoms with Crippen molar-refractivity contribution in [2.45, 2.75) is 0 Å². The molecule has 0 spiro atoms. The number of aromatic nitrogens is 1. The highest BCUT2D eigenvalue weighted by atomic mass is 32.1. The van der Waals surface area contributed by atoms with Crippen molar-refractivity contribution in [2.75, 3.05) is 0 Å². The second-order valence-electron chi connectivity index (χ2n) is 6.22. The molecule has 4 aromatic rings. The Hall–Kier alpha value is -4.09. The lowest BCUT2D eigenvalue weighted by molar-refractivity contribution is -0.384. The first kappa shape index (κ1) is 19.2. The van der Waals surface area contributed by atoms with Crippen molar-refractivity contribution in [2.24, 2.45) is 0 Å². The number of thiazole rings is 1. The summed E-state index contributed by atoms with van der Waals surface area (Å²) in [5.41, 5.74) is 2.24. The first-order chi connectivity index (χ1) is 14.5. The molecule has 2 heterocycles. The first-order valence-electron chi connectivity index (χ1n) is 8.72. The second kappa shape index (κ2) is 8.11. The van der Waals surface area contributed by atoms with E-state index in [9.17, 15) is 19.8 Å². The van der Waals surface area contributed by atoms with Gasteiger partial charge in [-0.1, -0.05) is 12.1 Å². The van der Waals surface area contributed by atoms with Gasteiger partial charge in [-0.05, 0) is 36.4 Å². The molecule has 0 aliphatic rings. The number of nitrogens with zero attached hydrogens (tertiary/aromatic N) is 3. The van der Waals surface area contributed by atoms with Crippen molar-refractivity contribution in [3.8, 4) is 28.7 Å². The summed E-state index contributed by atoms with van der Waals surface area (Å²) in [5, 5.41) is 22.8. The highest BCUT2D eigenvalue weighted by Gasteiger charge is 2.12. The van der Waals surface area contributed by atoms with Gasteiger partial charge in [0.1, 0.15) is 28.4 Å². The first-order valence-corrected chi connectivity index (χ1v) is 9.60. The van der Waals surface area contributed by atoms with Crippen LogP contribution in [0.3, 0.4) is 0 Å². The Balaban J connectivity index is 1.61. The van der Waals surface area contributed by atoms with Crippen molar-refractivity contribution in [3.63, 3.8) is 0 Å². The van der Waals surface area contributed by atoms with Crippen LogP contribution < -0.4 is 0 Å². The maximum atomic E-state index is 13.1. The van der Waals surface area contributed by atoms with Crippen LogP contribution in [-0.4, -0.2) is 9.91 Å². The molecule has 0 saturated heterocycles. The molecule has 146 valence electrons. The monoisotopic (exact) mass is 417 g/mol. The van der Waals surface area contributed by atoms with Crippen LogP contribution in [0.4, 0.5) is 10.1 Å². The van der Waals surface area contributed by atoms with E-state index in [0.717, 1.165) is 5.56 Å². The van der Waals surface area contributed by atoms with Crippen molar-refractivity contribution in [1.82, 2.24) is 4.98 Å². The van der Waals surface area contributed by atoms with E-state index < -0.39 is 4.92 Å². The van der Waals surface area contributed by atoms with Gasteiger partial charge < -0.3 is 4.42 Å². The highest BCUT2D eigenvalue weighted by molar-refractivity contribution is 7.11. The molecule has 8 heteroatoms. The van der Waals surface area contributed by atoms with E-state index in [2.05, 4.69) is 11.1 Å². The van der Waals surface area contributed by atoms with Gasteiger partial charge in [0.15, 0.2) is 0 Å². The standard InChI is InChI=1S/C22H12FN3O3S/c23-17-6-4-14(5-7-17)20-13-30-22(25-20)16(12-24)11-19-8-9-21(29-19)15-2-1-3-18(10-15)26(27)28/h1-11,13H. The third-order valence-electron chi connectivity index (χ3n) is 4.25. The molecular formula is C22H12FN3O3S. The fourth-order valence-corrected chi connectivity index (χ4v) is 3.59. The number of nitro benzene ring substituents is 1. The molecule has 0 radical (unpaired) electrons. The van der Waals surface area contributed by atoms with Gasteiger partial charge in [-0.25, -0.2) is 9.37 Å². The number of furan rings is 1. The lowest BCUT2D eigenvalue weighted by Crippen LogP contribution is -1.87. The molecule has 0 saturated carbocycles. The van der Waals surface area contributed by atoms with E-state index in [-0.39, 0.29) is 11.5 Å². The molecular weight excluding hydrogens is 405 g/mol. The molecule has 0 N–H and O–H groups in total. The quantitative estimate of drug-likeness (QED) is 0.219. The molecule has 0 aliphatic carbocycles. The van der Waals surface area contributed by atoms with Crippen LogP contribution in [0.25, 0.3) is 34.2 Å². The number of hydrogen-bond acceptors (Lipinski definition) is 6. The SMILES string of the molecule is N#CC(=Cc1ccc(-c2cccc([N+](=O)[O-])c2)o1)c1nc(-c2ccc(F)cc2)cs1. The number of benzene rings is 2. The number of nitriles is 1. The van der Waals surface area contributed by atoms with Crippen LogP contribution in [-0.2, 0) is 0 Å². The number of halogens is 1. The Morgan fingerprint density at radius 3 is 2.70 bits per heavy atom. The molecule has 2 aromatic heterocycles. The molecule has 2 aromatic carbocycles. The molecule has 0 atom stereocenters. The van der Waals surface area contributed by atoms with Crippen molar-refractivity contribution in [1.29, 1.82) is 5.26 Å². The molecule has 4 rings (SSSR count). The van der Waals surface area contributed by atoms with E-state index in [1.807, 2.05) is 0 Å². The molecule has 6 nitrogen and oxygen atoms in total. The zero-order valence-electron chi connectivity index (χ0n) is 15.3. The van der Waals surface area contributed by atoms with E-state index in [1.54, 1.807) is 47.9 Å². The minimum absolute atomic E-state index is 0.0326. The molecule has 0 bridgehead atoms. The molecule has 0 fully saturated rings. The zero-order chi connectivity index (χ0) is 21.1. The Morgan fingerprint density at radius 1 is 1.17 bits per heavy atom. The molecule has 0 amide bonds. The van der Waals surface area contributed by atoms with Gasteiger partial charge in [-0.2, -0.15) is 5.26 Å². The molecule has 0 unspecified atom stereocenters. The maximum absolute atomic E-state index is 13.1. The number of allylic oxidation sites excluding steroid dienone is 1. The Bertz CT molecular complexity index is 1300. The van der Waals surface area contributed by atoms with Gasteiger partial charge >= 0.3 is 0 Å². The summed E-state index contributed by atoms with van der Waals surface area (Å²) < 4.78 is 18.9. The van der Waals surface area contributed by atoms with Crippen LogP contribution in [0, 0.1) is 27.3 Å². The summed E-state index contributed by atoms with van der Waals surface area (Å²) in [4.78, 5) is 14.9. The van der Waals surface area contributed by atoms with Crippen LogP contribution >= 0.6 is 11.3 Å². The average molecular weight is 417 g/mol. The Morgan fingerprint density at radius 2 is 1.97 bits per heavy atom. The molecule has 30 heavy (non-hydrogen) atoms. The van der Waals surface area contributed by atoms with Crippen LogP contribution in [0.15, 0.2) is 70.5 Å². The van der Waals surface area contributed by atoms with Crippen molar-refractivity contribution >= 4 is 28.7 Å². The van der Waals surface area contributed by atoms with Crippen LogP contribution in [0.1, 0.15) is 10.8 Å². The minimum Gasteiger partial charge on any atom is -0.457 e. The zero-order valence-corrected chi connectivity index (χ0v) is 16.1. The summed E-state index contributed by atoms with van der Waals surface area (Å²) in [5.74, 6) is 0.546. The van der Waals surface area contributed by atoms with E-state index >= 15 is 0 Å². The fraction of sp³-hybridized carbons (Fsp3) is 0. The minimum atomic E-state index is -0.470. The van der Waals surface area contributed by atoms with Gasteiger partial charge in [-0.15, -0.1) is 11.3 Å². The lowest BCUT2D eigenvalue weighted by Gasteiger charge is -1.97. The maximum Gasteiger partial charge on any atom is 0.270 e. The van der Waals surface area contributed by atoms with Gasteiger partial charge in [0, 0.05) is 34.7 Å². The number of hydrogen-bond donors (Lipinski definition) is 0. The predicted molar refractivity (Wildman–Crippen MR) is 112 cm³/mol. The van der Waals surface area contributed by atoms with E-state index in [1.165, 1.54) is 35.6 Å². The van der Waals surface area contributed by atoms with Crippen molar-refractivity contribution in [3.05, 3.63) is 92.7 Å². The van der Waals surface area contributed by atoms with Gasteiger partial charge in [0.25, 0.3) is 5.69 Å². The van der Waals surface area contributed by atoms with Crippen molar-refractivity contribution < 1.29 is 13.7 Å². The van der Waals surface area contributed by atoms with Gasteiger partial charge in [0.2, 0.25) is 0 Å². The Labute approximate surface area is 174 Å². The largest absolute Gasteiger partial charge is 0.457 e. The highest BCUT2D eigenvalue weighted by Crippen LogP contribution is 2.30. The number of rotatable bonds is 5. The van der Waals surface area contributed by atoms with Crippen LogP contribution in [0.2, 0.25) is 0 Å². The third-order valence-corrected chi connectivity index (χ3v) is 5.13. The predicted octanol–water partition coefficient (Wildman–Crippen LogP) is 6.18. The topological polar surface area (TPSA) is 93.0 Å². The lowest BCUT2D eigenvalue weighted by atomic mass is 10.1. The van der Waals surface area contributed by atoms with E-state index in [0.29, 0.717) is 33.4 Å². The summed E-state index contributed by atoms with van der Waals surface area (Å²) in [7, 11) is 0. The third kappa shape index (κ3) is 4.01. The van der Waals surface area contributed by atoms with Gasteiger partial charge in [-0.3, -0.25) is 10.1 Å². The smallest absolute Gasteiger partial charge is 0.270 e.